The highest BCUT2D eigenvalue weighted by Crippen LogP contribution is 2.32. The highest BCUT2D eigenvalue weighted by molar-refractivity contribution is 5.92. The van der Waals surface area contributed by atoms with Crippen LogP contribution >= 0.6 is 0 Å². The molecular weight excluding hydrogens is 388 g/mol. The molecule has 3 heterocycles. The first-order valence-corrected chi connectivity index (χ1v) is 9.89. The lowest BCUT2D eigenvalue weighted by Gasteiger charge is -2.34. The highest BCUT2D eigenvalue weighted by Gasteiger charge is 2.24. The quantitative estimate of drug-likeness (QED) is 0.714. The Morgan fingerprint density at radius 2 is 1.93 bits per heavy atom. The van der Waals surface area contributed by atoms with E-state index in [1.54, 1.807) is 24.0 Å². The molecule has 1 N–H and O–H groups in total. The van der Waals surface area contributed by atoms with Gasteiger partial charge in [0.1, 0.15) is 5.76 Å². The van der Waals surface area contributed by atoms with Crippen molar-refractivity contribution in [3.63, 3.8) is 0 Å². The van der Waals surface area contributed by atoms with E-state index in [4.69, 9.17) is 14.0 Å². The lowest BCUT2D eigenvalue weighted by Crippen LogP contribution is -2.50. The van der Waals surface area contributed by atoms with Crippen LogP contribution in [0.15, 0.2) is 34.9 Å². The van der Waals surface area contributed by atoms with Crippen LogP contribution in [0, 0.1) is 6.92 Å². The summed E-state index contributed by atoms with van der Waals surface area (Å²) in [6.45, 7) is 6.03. The third kappa shape index (κ3) is 4.80. The molecule has 0 unspecified atom stereocenters. The average molecular weight is 412 g/mol. The van der Waals surface area contributed by atoms with E-state index < -0.39 is 0 Å². The smallest absolute Gasteiger partial charge is 0.276 e. The molecule has 9 heteroatoms. The van der Waals surface area contributed by atoms with Crippen molar-refractivity contribution < 1.29 is 23.6 Å². The Labute approximate surface area is 174 Å². The van der Waals surface area contributed by atoms with E-state index in [1.807, 2.05) is 18.2 Å². The van der Waals surface area contributed by atoms with Gasteiger partial charge in [-0.25, -0.2) is 0 Å². The number of hydrogen-bond donors (Lipinski definition) is 1. The van der Waals surface area contributed by atoms with E-state index in [1.165, 1.54) is 6.08 Å². The lowest BCUT2D eigenvalue weighted by atomic mass is 10.2. The van der Waals surface area contributed by atoms with Crippen LogP contribution in [0.5, 0.6) is 11.5 Å². The Morgan fingerprint density at radius 3 is 2.70 bits per heavy atom. The second kappa shape index (κ2) is 9.00. The van der Waals surface area contributed by atoms with Crippen LogP contribution in [0.25, 0.3) is 6.08 Å². The zero-order chi connectivity index (χ0) is 20.9. The summed E-state index contributed by atoms with van der Waals surface area (Å²) in [6, 6.07) is 7.20. The SMILES string of the molecule is Cc1cc(C(=O)N2CCN(CCNC(=O)C=Cc3ccc4c(c3)OCO4)CC2)no1. The Hall–Kier alpha value is -3.33. The number of nitrogens with zero attached hydrogens (tertiary/aromatic N) is 3. The van der Waals surface area contributed by atoms with Gasteiger partial charge >= 0.3 is 0 Å². The number of ether oxygens (including phenoxy) is 2. The lowest BCUT2D eigenvalue weighted by molar-refractivity contribution is -0.116. The van der Waals surface area contributed by atoms with Gasteiger partial charge in [0.2, 0.25) is 12.7 Å². The molecule has 0 aliphatic carbocycles. The molecule has 1 aromatic carbocycles. The number of aromatic nitrogens is 1. The van der Waals surface area contributed by atoms with Crippen LogP contribution < -0.4 is 14.8 Å². The summed E-state index contributed by atoms with van der Waals surface area (Å²) < 4.78 is 15.6. The monoisotopic (exact) mass is 412 g/mol. The van der Waals surface area contributed by atoms with Gasteiger partial charge in [-0.05, 0) is 30.7 Å². The van der Waals surface area contributed by atoms with Crippen LogP contribution in [0.2, 0.25) is 0 Å². The van der Waals surface area contributed by atoms with Crippen LogP contribution in [0.3, 0.4) is 0 Å². The fourth-order valence-electron chi connectivity index (χ4n) is 3.39. The van der Waals surface area contributed by atoms with Gasteiger partial charge in [0.25, 0.3) is 5.91 Å². The molecule has 0 bridgehead atoms. The zero-order valence-corrected chi connectivity index (χ0v) is 16.8. The molecule has 2 aliphatic rings. The van der Waals surface area contributed by atoms with Gasteiger partial charge in [-0.3, -0.25) is 14.5 Å². The van der Waals surface area contributed by atoms with Crippen LogP contribution in [-0.2, 0) is 4.79 Å². The fourth-order valence-corrected chi connectivity index (χ4v) is 3.39. The first kappa shape index (κ1) is 20.0. The third-order valence-corrected chi connectivity index (χ3v) is 5.06. The maximum Gasteiger partial charge on any atom is 0.276 e. The second-order valence-corrected chi connectivity index (χ2v) is 7.19. The second-order valence-electron chi connectivity index (χ2n) is 7.19. The van der Waals surface area contributed by atoms with Crippen molar-refractivity contribution in [1.29, 1.82) is 0 Å². The molecule has 9 nitrogen and oxygen atoms in total. The van der Waals surface area contributed by atoms with E-state index in [0.29, 0.717) is 36.8 Å². The number of rotatable bonds is 6. The minimum Gasteiger partial charge on any atom is -0.454 e. The van der Waals surface area contributed by atoms with E-state index in [0.717, 1.165) is 30.9 Å². The molecule has 1 saturated heterocycles. The van der Waals surface area contributed by atoms with E-state index in [-0.39, 0.29) is 18.6 Å². The maximum absolute atomic E-state index is 12.4. The summed E-state index contributed by atoms with van der Waals surface area (Å²) in [6.07, 6.45) is 3.25. The number of amides is 2. The Balaban J connectivity index is 1.16. The van der Waals surface area contributed by atoms with Crippen LogP contribution in [-0.4, -0.2) is 72.8 Å². The molecule has 0 atom stereocenters. The Kier molecular flexibility index (Phi) is 5.99. The first-order valence-electron chi connectivity index (χ1n) is 9.89. The van der Waals surface area contributed by atoms with Crippen LogP contribution in [0.4, 0.5) is 0 Å². The number of benzene rings is 1. The topological polar surface area (TPSA) is 97.1 Å². The van der Waals surface area contributed by atoms with Crippen molar-refractivity contribution in [1.82, 2.24) is 20.3 Å². The fraction of sp³-hybridized carbons (Fsp3) is 0.381. The van der Waals surface area contributed by atoms with E-state index >= 15 is 0 Å². The molecule has 0 spiro atoms. The molecule has 1 fully saturated rings. The molecule has 0 saturated carbocycles. The number of carbonyl (C=O) groups is 2. The minimum atomic E-state index is -0.150. The van der Waals surface area contributed by atoms with Crippen molar-refractivity contribution in [2.75, 3.05) is 46.1 Å². The maximum atomic E-state index is 12.4. The zero-order valence-electron chi connectivity index (χ0n) is 16.8. The highest BCUT2D eigenvalue weighted by atomic mass is 16.7. The number of piperazine rings is 1. The van der Waals surface area contributed by atoms with Gasteiger partial charge in [0, 0.05) is 51.4 Å². The first-order chi connectivity index (χ1) is 14.6. The van der Waals surface area contributed by atoms with Crippen LogP contribution in [0.1, 0.15) is 21.8 Å². The normalized spacial score (nSPS) is 16.2. The Bertz CT molecular complexity index is 947. The summed E-state index contributed by atoms with van der Waals surface area (Å²) in [7, 11) is 0. The summed E-state index contributed by atoms with van der Waals surface area (Å²) in [5.41, 5.74) is 1.22. The molecule has 2 aromatic rings. The molecule has 2 aliphatic heterocycles. The van der Waals surface area contributed by atoms with Crippen molar-refractivity contribution in [3.8, 4) is 11.5 Å². The number of hydrogen-bond acceptors (Lipinski definition) is 7. The summed E-state index contributed by atoms with van der Waals surface area (Å²) in [5.74, 6) is 1.78. The number of fused-ring (bicyclic) bond motifs is 1. The van der Waals surface area contributed by atoms with Gasteiger partial charge in [0.05, 0.1) is 0 Å². The molecule has 2 amide bonds. The average Bonchev–Trinajstić information content (AvgIpc) is 3.40. The van der Waals surface area contributed by atoms with Gasteiger partial charge in [-0.2, -0.15) is 0 Å². The summed E-state index contributed by atoms with van der Waals surface area (Å²) in [5, 5.41) is 6.68. The standard InChI is InChI=1S/C21H24N4O5/c1-15-12-17(23-30-15)21(27)25-10-8-24(9-11-25)7-6-22-20(26)5-3-16-2-4-18-19(13-16)29-14-28-18/h2-5,12-13H,6-11,14H2,1H3,(H,22,26). The van der Waals surface area contributed by atoms with Crippen molar-refractivity contribution in [3.05, 3.63) is 47.4 Å². The minimum absolute atomic E-state index is 0.103. The third-order valence-electron chi connectivity index (χ3n) is 5.06. The molecule has 1 aromatic heterocycles. The van der Waals surface area contributed by atoms with E-state index in [2.05, 4.69) is 15.4 Å². The molecule has 158 valence electrons. The molecule has 0 radical (unpaired) electrons. The number of carbonyl (C=O) groups excluding carboxylic acids is 2. The van der Waals surface area contributed by atoms with Crippen molar-refractivity contribution in [2.24, 2.45) is 0 Å². The largest absolute Gasteiger partial charge is 0.454 e. The predicted octanol–water partition coefficient (Wildman–Crippen LogP) is 1.30. The molecule has 4 rings (SSSR count). The van der Waals surface area contributed by atoms with Gasteiger partial charge in [0.15, 0.2) is 17.2 Å². The van der Waals surface area contributed by atoms with E-state index in [9.17, 15) is 9.59 Å². The number of aryl methyl sites for hydroxylation is 1. The van der Waals surface area contributed by atoms with Gasteiger partial charge < -0.3 is 24.2 Å². The molecular formula is C21H24N4O5. The van der Waals surface area contributed by atoms with Crippen molar-refractivity contribution in [2.45, 2.75) is 6.92 Å². The molecule has 30 heavy (non-hydrogen) atoms. The predicted molar refractivity (Wildman–Crippen MR) is 108 cm³/mol. The Morgan fingerprint density at radius 1 is 1.13 bits per heavy atom. The number of nitrogens with one attached hydrogen (secondary N) is 1. The van der Waals surface area contributed by atoms with Gasteiger partial charge in [-0.1, -0.05) is 11.2 Å². The summed E-state index contributed by atoms with van der Waals surface area (Å²) in [4.78, 5) is 28.4. The summed E-state index contributed by atoms with van der Waals surface area (Å²) >= 11 is 0. The van der Waals surface area contributed by atoms with Gasteiger partial charge in [-0.15, -0.1) is 0 Å². The van der Waals surface area contributed by atoms with Crippen molar-refractivity contribution >= 4 is 17.9 Å².